The number of hydrogen-bond donors (Lipinski definition) is 1. The molecule has 1 nitrogen and oxygen atoms in total. The third-order valence-electron chi connectivity index (χ3n) is 4.55. The van der Waals surface area contributed by atoms with Gasteiger partial charge in [-0.15, -0.1) is 0 Å². The van der Waals surface area contributed by atoms with Crippen LogP contribution in [0.25, 0.3) is 0 Å². The minimum Gasteiger partial charge on any atom is -0.314 e. The molecule has 1 N–H and O–H groups in total. The first-order valence-corrected chi connectivity index (χ1v) is 7.77. The quantitative estimate of drug-likeness (QED) is 0.853. The van der Waals surface area contributed by atoms with Gasteiger partial charge in [-0.25, -0.2) is 4.39 Å². The van der Waals surface area contributed by atoms with Crippen molar-refractivity contribution in [1.29, 1.82) is 0 Å². The lowest BCUT2D eigenvalue weighted by Gasteiger charge is -2.20. The first kappa shape index (κ1) is 13.4. The van der Waals surface area contributed by atoms with Crippen molar-refractivity contribution in [3.05, 3.63) is 34.6 Å². The monoisotopic (exact) mass is 281 g/mol. The molecular formula is C16H21ClFN. The molecule has 2 saturated carbocycles. The third-order valence-corrected chi connectivity index (χ3v) is 4.79. The van der Waals surface area contributed by atoms with Crippen LogP contribution >= 0.6 is 11.6 Å². The van der Waals surface area contributed by atoms with E-state index in [4.69, 9.17) is 11.6 Å². The van der Waals surface area contributed by atoms with Crippen LogP contribution in [0, 0.1) is 17.7 Å². The van der Waals surface area contributed by atoms with Gasteiger partial charge in [0.1, 0.15) is 5.82 Å². The molecule has 0 amide bonds. The normalized spacial score (nSPS) is 26.8. The van der Waals surface area contributed by atoms with Gasteiger partial charge in [-0.1, -0.05) is 18.0 Å². The molecule has 19 heavy (non-hydrogen) atoms. The van der Waals surface area contributed by atoms with Crippen molar-refractivity contribution in [2.24, 2.45) is 11.8 Å². The maximum absolute atomic E-state index is 13.8. The Kier molecular flexibility index (Phi) is 4.09. The van der Waals surface area contributed by atoms with Crippen LogP contribution in [0.15, 0.2) is 18.2 Å². The van der Waals surface area contributed by atoms with Crippen LogP contribution in [-0.2, 0) is 6.42 Å². The molecule has 104 valence electrons. The number of halogens is 2. The number of rotatable bonds is 5. The fourth-order valence-corrected chi connectivity index (χ4v) is 3.43. The summed E-state index contributed by atoms with van der Waals surface area (Å²) in [7, 11) is 0. The fraction of sp³-hybridized carbons (Fsp3) is 0.625. The molecule has 2 aliphatic carbocycles. The van der Waals surface area contributed by atoms with E-state index in [1.54, 1.807) is 12.1 Å². The second-order valence-electron chi connectivity index (χ2n) is 6.07. The topological polar surface area (TPSA) is 12.0 Å². The first-order chi connectivity index (χ1) is 9.22. The van der Waals surface area contributed by atoms with E-state index in [0.717, 1.165) is 24.6 Å². The summed E-state index contributed by atoms with van der Waals surface area (Å²) in [6.45, 7) is 1.11. The summed E-state index contributed by atoms with van der Waals surface area (Å²) in [5.74, 6) is 1.21. The van der Waals surface area contributed by atoms with Gasteiger partial charge in [-0.2, -0.15) is 0 Å². The second-order valence-corrected chi connectivity index (χ2v) is 6.51. The average Bonchev–Trinajstić information content (AvgIpc) is 3.12. The Hall–Kier alpha value is -0.600. The van der Waals surface area contributed by atoms with Gasteiger partial charge in [0, 0.05) is 11.1 Å². The molecule has 0 aliphatic heterocycles. The van der Waals surface area contributed by atoms with Gasteiger partial charge < -0.3 is 5.32 Å². The van der Waals surface area contributed by atoms with Crippen molar-refractivity contribution in [2.45, 2.75) is 44.6 Å². The molecule has 0 spiro atoms. The van der Waals surface area contributed by atoms with E-state index in [2.05, 4.69) is 5.32 Å². The number of nitrogens with one attached hydrogen (secondary N) is 1. The van der Waals surface area contributed by atoms with Gasteiger partial charge in [-0.05, 0) is 74.2 Å². The summed E-state index contributed by atoms with van der Waals surface area (Å²) < 4.78 is 13.8. The molecule has 0 aromatic heterocycles. The first-order valence-electron chi connectivity index (χ1n) is 7.39. The summed E-state index contributed by atoms with van der Waals surface area (Å²) in [5, 5.41) is 4.26. The maximum atomic E-state index is 13.8. The molecule has 2 atom stereocenters. The standard InChI is InChI=1S/C16H21ClFN/c17-14-4-7-16(18)13(9-14)8-11-2-1-3-12(11)10-19-15-5-6-15/h4,7,9,11-12,15,19H,1-3,5-6,8,10H2. The van der Waals surface area contributed by atoms with Gasteiger partial charge in [0.05, 0.1) is 0 Å². The third kappa shape index (κ3) is 3.49. The summed E-state index contributed by atoms with van der Waals surface area (Å²) in [6.07, 6.45) is 7.30. The molecule has 3 rings (SSSR count). The van der Waals surface area contributed by atoms with Gasteiger partial charge in [0.15, 0.2) is 0 Å². The molecule has 1 aromatic carbocycles. The van der Waals surface area contributed by atoms with E-state index in [9.17, 15) is 4.39 Å². The van der Waals surface area contributed by atoms with E-state index in [0.29, 0.717) is 16.9 Å². The van der Waals surface area contributed by atoms with E-state index in [1.807, 2.05) is 0 Å². The fourth-order valence-electron chi connectivity index (χ4n) is 3.24. The Morgan fingerprint density at radius 3 is 2.74 bits per heavy atom. The van der Waals surface area contributed by atoms with Crippen LogP contribution in [-0.4, -0.2) is 12.6 Å². The molecule has 2 unspecified atom stereocenters. The Morgan fingerprint density at radius 2 is 1.95 bits per heavy atom. The Bertz CT molecular complexity index is 444. The molecular weight excluding hydrogens is 261 g/mol. The minimum absolute atomic E-state index is 0.106. The van der Waals surface area contributed by atoms with Crippen molar-refractivity contribution in [3.8, 4) is 0 Å². The van der Waals surface area contributed by atoms with Gasteiger partial charge in [0.25, 0.3) is 0 Å². The van der Waals surface area contributed by atoms with Crippen molar-refractivity contribution in [3.63, 3.8) is 0 Å². The molecule has 2 fully saturated rings. The molecule has 0 radical (unpaired) electrons. The second kappa shape index (κ2) is 5.80. The van der Waals surface area contributed by atoms with Crippen molar-refractivity contribution in [2.75, 3.05) is 6.54 Å². The highest BCUT2D eigenvalue weighted by molar-refractivity contribution is 6.30. The van der Waals surface area contributed by atoms with E-state index in [-0.39, 0.29) is 5.82 Å². The van der Waals surface area contributed by atoms with Crippen molar-refractivity contribution >= 4 is 11.6 Å². The van der Waals surface area contributed by atoms with Crippen LogP contribution in [0.4, 0.5) is 4.39 Å². The zero-order valence-corrected chi connectivity index (χ0v) is 11.9. The van der Waals surface area contributed by atoms with Gasteiger partial charge >= 0.3 is 0 Å². The van der Waals surface area contributed by atoms with Crippen molar-refractivity contribution in [1.82, 2.24) is 5.32 Å². The summed E-state index contributed by atoms with van der Waals surface area (Å²) >= 11 is 5.97. The SMILES string of the molecule is Fc1ccc(Cl)cc1CC1CCCC1CNC1CC1. The predicted octanol–water partition coefficient (Wildman–Crippen LogP) is 4.19. The highest BCUT2D eigenvalue weighted by Gasteiger charge is 2.30. The average molecular weight is 282 g/mol. The highest BCUT2D eigenvalue weighted by atomic mass is 35.5. The zero-order valence-electron chi connectivity index (χ0n) is 11.2. The zero-order chi connectivity index (χ0) is 13.2. The van der Waals surface area contributed by atoms with Crippen LogP contribution in [0.5, 0.6) is 0 Å². The molecule has 2 aliphatic rings. The van der Waals surface area contributed by atoms with Crippen LogP contribution < -0.4 is 5.32 Å². The largest absolute Gasteiger partial charge is 0.314 e. The molecule has 1 aromatic rings. The molecule has 0 bridgehead atoms. The van der Waals surface area contributed by atoms with Gasteiger partial charge in [-0.3, -0.25) is 0 Å². The lowest BCUT2D eigenvalue weighted by molar-refractivity contribution is 0.360. The van der Waals surface area contributed by atoms with Crippen LogP contribution in [0.3, 0.4) is 0 Å². The molecule has 3 heteroatoms. The number of benzene rings is 1. The summed E-state index contributed by atoms with van der Waals surface area (Å²) in [5.41, 5.74) is 0.788. The number of hydrogen-bond acceptors (Lipinski definition) is 1. The van der Waals surface area contributed by atoms with Gasteiger partial charge in [0.2, 0.25) is 0 Å². The Balaban J connectivity index is 1.61. The maximum Gasteiger partial charge on any atom is 0.126 e. The minimum atomic E-state index is -0.106. The lowest BCUT2D eigenvalue weighted by Crippen LogP contribution is -2.27. The highest BCUT2D eigenvalue weighted by Crippen LogP contribution is 2.35. The lowest BCUT2D eigenvalue weighted by atomic mass is 9.89. The van der Waals surface area contributed by atoms with E-state index in [1.165, 1.54) is 38.2 Å². The smallest absolute Gasteiger partial charge is 0.126 e. The molecule has 0 saturated heterocycles. The summed E-state index contributed by atoms with van der Waals surface area (Å²) in [6, 6.07) is 5.68. The van der Waals surface area contributed by atoms with Crippen molar-refractivity contribution < 1.29 is 4.39 Å². The van der Waals surface area contributed by atoms with Crippen LogP contribution in [0.1, 0.15) is 37.7 Å². The van der Waals surface area contributed by atoms with Crippen LogP contribution in [0.2, 0.25) is 5.02 Å². The van der Waals surface area contributed by atoms with E-state index < -0.39 is 0 Å². The Labute approximate surface area is 119 Å². The van der Waals surface area contributed by atoms with E-state index >= 15 is 0 Å². The summed E-state index contributed by atoms with van der Waals surface area (Å²) in [4.78, 5) is 0. The Morgan fingerprint density at radius 1 is 1.16 bits per heavy atom. The molecule has 0 heterocycles. The predicted molar refractivity (Wildman–Crippen MR) is 77.0 cm³/mol.